The summed E-state index contributed by atoms with van der Waals surface area (Å²) >= 11 is 1.42. The molecule has 0 unspecified atom stereocenters. The van der Waals surface area contributed by atoms with Gasteiger partial charge in [-0.2, -0.15) is 0 Å². The van der Waals surface area contributed by atoms with Crippen LogP contribution in [-0.2, 0) is 6.42 Å². The first-order chi connectivity index (χ1) is 10.7. The summed E-state index contributed by atoms with van der Waals surface area (Å²) in [5.74, 6) is -0.442. The van der Waals surface area contributed by atoms with Crippen LogP contribution in [0.15, 0.2) is 36.4 Å². The normalized spacial score (nSPS) is 10.3. The molecule has 0 aliphatic carbocycles. The predicted octanol–water partition coefficient (Wildman–Crippen LogP) is 2.25. The van der Waals surface area contributed by atoms with E-state index in [-0.39, 0.29) is 11.8 Å². The molecule has 2 rings (SSSR count). The Morgan fingerprint density at radius 2 is 1.91 bits per heavy atom. The van der Waals surface area contributed by atoms with Gasteiger partial charge >= 0.3 is 0 Å². The Morgan fingerprint density at radius 3 is 2.55 bits per heavy atom. The Balaban J connectivity index is 2.20. The van der Waals surface area contributed by atoms with Crippen molar-refractivity contribution in [3.63, 3.8) is 0 Å². The average molecular weight is 317 g/mol. The minimum atomic E-state index is -0.224. The first-order valence-electron chi connectivity index (χ1n) is 7.13. The van der Waals surface area contributed by atoms with E-state index in [2.05, 4.69) is 10.6 Å². The maximum atomic E-state index is 12.2. The van der Waals surface area contributed by atoms with Crippen molar-refractivity contribution in [3.05, 3.63) is 52.4 Å². The Labute approximate surface area is 133 Å². The average Bonchev–Trinajstić information content (AvgIpc) is 2.96. The maximum absolute atomic E-state index is 12.2. The zero-order chi connectivity index (χ0) is 15.9. The van der Waals surface area contributed by atoms with Crippen LogP contribution in [-0.4, -0.2) is 24.9 Å². The lowest BCUT2D eigenvalue weighted by molar-refractivity contribution is 0.0956. The van der Waals surface area contributed by atoms with E-state index in [1.807, 2.05) is 19.1 Å². The van der Waals surface area contributed by atoms with E-state index in [1.54, 1.807) is 24.3 Å². The van der Waals surface area contributed by atoms with Gasteiger partial charge < -0.3 is 16.4 Å². The molecule has 1 aromatic heterocycles. The highest BCUT2D eigenvalue weighted by molar-refractivity contribution is 7.16. The quantitative estimate of drug-likeness (QED) is 0.764. The highest BCUT2D eigenvalue weighted by Gasteiger charge is 2.17. The zero-order valence-electron chi connectivity index (χ0n) is 12.4. The minimum absolute atomic E-state index is 0.218. The fraction of sp³-hybridized carbons (Fsp3) is 0.250. The van der Waals surface area contributed by atoms with Gasteiger partial charge in [0.15, 0.2) is 0 Å². The number of thiophene rings is 1. The zero-order valence-corrected chi connectivity index (χ0v) is 13.2. The van der Waals surface area contributed by atoms with Crippen LogP contribution in [0.1, 0.15) is 32.5 Å². The standard InChI is InChI=1S/C16H19N3O2S/c1-2-12-10-13(15(21)18-9-8-17)16(22-12)19-14(20)11-6-4-3-5-7-11/h3-7,10H,2,8-9,17H2,1H3,(H,18,21)(H,19,20). The van der Waals surface area contributed by atoms with E-state index < -0.39 is 0 Å². The second kappa shape index (κ2) is 7.72. The van der Waals surface area contributed by atoms with Gasteiger partial charge in [0.1, 0.15) is 5.00 Å². The van der Waals surface area contributed by atoms with Gasteiger partial charge in [-0.05, 0) is 24.6 Å². The molecule has 0 aliphatic heterocycles. The summed E-state index contributed by atoms with van der Waals surface area (Å²) in [5, 5.41) is 6.13. The van der Waals surface area contributed by atoms with Crippen LogP contribution in [0.3, 0.4) is 0 Å². The van der Waals surface area contributed by atoms with Crippen molar-refractivity contribution in [2.24, 2.45) is 5.73 Å². The fourth-order valence-corrected chi connectivity index (χ4v) is 2.91. The van der Waals surface area contributed by atoms with Crippen LogP contribution in [0.2, 0.25) is 0 Å². The van der Waals surface area contributed by atoms with Gasteiger partial charge in [0, 0.05) is 23.5 Å². The van der Waals surface area contributed by atoms with Crippen LogP contribution >= 0.6 is 11.3 Å². The lowest BCUT2D eigenvalue weighted by Crippen LogP contribution is -2.29. The van der Waals surface area contributed by atoms with Gasteiger partial charge in [0.25, 0.3) is 11.8 Å². The number of nitrogens with two attached hydrogens (primary N) is 1. The Kier molecular flexibility index (Phi) is 5.68. The van der Waals surface area contributed by atoms with Crippen molar-refractivity contribution in [1.82, 2.24) is 5.32 Å². The number of aryl methyl sites for hydroxylation is 1. The number of anilines is 1. The molecule has 0 radical (unpaired) electrons. The molecule has 0 aliphatic rings. The molecule has 1 aromatic carbocycles. The van der Waals surface area contributed by atoms with Crippen molar-refractivity contribution in [2.75, 3.05) is 18.4 Å². The Bertz CT molecular complexity index is 653. The summed E-state index contributed by atoms with van der Waals surface area (Å²) in [7, 11) is 0. The molecule has 2 aromatic rings. The van der Waals surface area contributed by atoms with Gasteiger partial charge in [-0.3, -0.25) is 9.59 Å². The van der Waals surface area contributed by atoms with Crippen molar-refractivity contribution < 1.29 is 9.59 Å². The minimum Gasteiger partial charge on any atom is -0.351 e. The molecule has 116 valence electrons. The number of amides is 2. The van der Waals surface area contributed by atoms with Crippen LogP contribution in [0.25, 0.3) is 0 Å². The van der Waals surface area contributed by atoms with Gasteiger partial charge in [0.2, 0.25) is 0 Å². The number of nitrogens with one attached hydrogen (secondary N) is 2. The summed E-state index contributed by atoms with van der Waals surface area (Å²) in [4.78, 5) is 25.4. The van der Waals surface area contributed by atoms with E-state index in [0.29, 0.717) is 29.2 Å². The molecule has 0 saturated carbocycles. The topological polar surface area (TPSA) is 84.2 Å². The number of hydrogen-bond acceptors (Lipinski definition) is 4. The van der Waals surface area contributed by atoms with Crippen LogP contribution in [0.4, 0.5) is 5.00 Å². The number of hydrogen-bond donors (Lipinski definition) is 3. The molecule has 1 heterocycles. The van der Waals surface area contributed by atoms with E-state index >= 15 is 0 Å². The highest BCUT2D eigenvalue weighted by Crippen LogP contribution is 2.29. The molecule has 6 heteroatoms. The SMILES string of the molecule is CCc1cc(C(=O)NCCN)c(NC(=O)c2ccccc2)s1. The van der Waals surface area contributed by atoms with E-state index in [1.165, 1.54) is 11.3 Å². The summed E-state index contributed by atoms with van der Waals surface area (Å²) in [6.45, 7) is 2.79. The van der Waals surface area contributed by atoms with Crippen molar-refractivity contribution in [1.29, 1.82) is 0 Å². The van der Waals surface area contributed by atoms with Crippen LogP contribution in [0, 0.1) is 0 Å². The van der Waals surface area contributed by atoms with Crippen LogP contribution in [0.5, 0.6) is 0 Å². The predicted molar refractivity (Wildman–Crippen MR) is 89.5 cm³/mol. The Hall–Kier alpha value is -2.18. The smallest absolute Gasteiger partial charge is 0.256 e. The summed E-state index contributed by atoms with van der Waals surface area (Å²) in [6, 6.07) is 10.7. The molecule has 0 saturated heterocycles. The summed E-state index contributed by atoms with van der Waals surface area (Å²) in [6.07, 6.45) is 0.809. The van der Waals surface area contributed by atoms with E-state index in [0.717, 1.165) is 11.3 Å². The van der Waals surface area contributed by atoms with Gasteiger partial charge in [-0.15, -0.1) is 11.3 Å². The van der Waals surface area contributed by atoms with E-state index in [4.69, 9.17) is 5.73 Å². The molecule has 0 spiro atoms. The molecule has 5 nitrogen and oxygen atoms in total. The van der Waals surface area contributed by atoms with Gasteiger partial charge in [-0.25, -0.2) is 0 Å². The molecular weight excluding hydrogens is 298 g/mol. The molecule has 2 amide bonds. The van der Waals surface area contributed by atoms with E-state index in [9.17, 15) is 9.59 Å². The maximum Gasteiger partial charge on any atom is 0.256 e. The summed E-state index contributed by atoms with van der Waals surface area (Å²) < 4.78 is 0. The first kappa shape index (κ1) is 16.2. The third-order valence-electron chi connectivity index (χ3n) is 3.07. The Morgan fingerprint density at radius 1 is 1.18 bits per heavy atom. The second-order valence-electron chi connectivity index (χ2n) is 4.67. The first-order valence-corrected chi connectivity index (χ1v) is 7.94. The molecule has 0 atom stereocenters. The molecular formula is C16H19N3O2S. The molecule has 4 N–H and O–H groups in total. The van der Waals surface area contributed by atoms with Crippen molar-refractivity contribution in [2.45, 2.75) is 13.3 Å². The largest absolute Gasteiger partial charge is 0.351 e. The monoisotopic (exact) mass is 317 g/mol. The second-order valence-corrected chi connectivity index (χ2v) is 5.81. The summed E-state index contributed by atoms with van der Waals surface area (Å²) in [5.41, 5.74) is 6.44. The fourth-order valence-electron chi connectivity index (χ4n) is 1.92. The van der Waals surface area contributed by atoms with Crippen molar-refractivity contribution >= 4 is 28.2 Å². The van der Waals surface area contributed by atoms with Gasteiger partial charge in [0.05, 0.1) is 5.56 Å². The molecule has 22 heavy (non-hydrogen) atoms. The van der Waals surface area contributed by atoms with Crippen molar-refractivity contribution in [3.8, 4) is 0 Å². The highest BCUT2D eigenvalue weighted by atomic mass is 32.1. The van der Waals surface area contributed by atoms with Crippen LogP contribution < -0.4 is 16.4 Å². The lowest BCUT2D eigenvalue weighted by Gasteiger charge is -2.07. The van der Waals surface area contributed by atoms with Gasteiger partial charge in [-0.1, -0.05) is 25.1 Å². The third-order valence-corrected chi connectivity index (χ3v) is 4.26. The molecule has 0 bridgehead atoms. The number of carbonyl (C=O) groups is 2. The third kappa shape index (κ3) is 3.93. The lowest BCUT2D eigenvalue weighted by atomic mass is 10.2. The molecule has 0 fully saturated rings. The number of rotatable bonds is 6. The number of carbonyl (C=O) groups excluding carboxylic acids is 2. The number of benzene rings is 1.